The smallest absolute Gasteiger partial charge is 0.270 e. The highest BCUT2D eigenvalue weighted by Gasteiger charge is 2.12. The van der Waals surface area contributed by atoms with Crippen LogP contribution in [-0.4, -0.2) is 24.0 Å². The van der Waals surface area contributed by atoms with Crippen molar-refractivity contribution in [2.45, 2.75) is 20.8 Å². The van der Waals surface area contributed by atoms with Crippen molar-refractivity contribution in [3.63, 3.8) is 0 Å². The molecule has 0 fully saturated rings. The zero-order chi connectivity index (χ0) is 15.2. The SMILES string of the molecule is CCOc1ccc(-c2nc(C(=O)NCC(C)C)cs2)cc1. The lowest BCUT2D eigenvalue weighted by Gasteiger charge is -2.05. The number of thiazole rings is 1. The van der Waals surface area contributed by atoms with Gasteiger partial charge in [-0.3, -0.25) is 4.79 Å². The number of hydrogen-bond donors (Lipinski definition) is 1. The molecule has 4 nitrogen and oxygen atoms in total. The minimum absolute atomic E-state index is 0.114. The molecule has 1 aromatic carbocycles. The molecule has 1 heterocycles. The number of aromatic nitrogens is 1. The van der Waals surface area contributed by atoms with Gasteiger partial charge in [0.05, 0.1) is 6.61 Å². The van der Waals surface area contributed by atoms with E-state index in [-0.39, 0.29) is 5.91 Å². The van der Waals surface area contributed by atoms with Crippen LogP contribution in [0.15, 0.2) is 29.6 Å². The number of hydrogen-bond acceptors (Lipinski definition) is 4. The summed E-state index contributed by atoms with van der Waals surface area (Å²) in [4.78, 5) is 16.3. The van der Waals surface area contributed by atoms with Crippen LogP contribution in [0, 0.1) is 5.92 Å². The number of benzene rings is 1. The second-order valence-electron chi connectivity index (χ2n) is 5.10. The largest absolute Gasteiger partial charge is 0.494 e. The molecule has 0 aliphatic rings. The molecule has 0 aliphatic heterocycles. The Morgan fingerprint density at radius 3 is 2.67 bits per heavy atom. The molecule has 0 unspecified atom stereocenters. The molecule has 2 rings (SSSR count). The van der Waals surface area contributed by atoms with Crippen LogP contribution in [0.3, 0.4) is 0 Å². The van der Waals surface area contributed by atoms with Gasteiger partial charge in [0.2, 0.25) is 0 Å². The summed E-state index contributed by atoms with van der Waals surface area (Å²) in [6.07, 6.45) is 0. The monoisotopic (exact) mass is 304 g/mol. The van der Waals surface area contributed by atoms with Crippen LogP contribution in [-0.2, 0) is 0 Å². The van der Waals surface area contributed by atoms with Gasteiger partial charge in [-0.15, -0.1) is 11.3 Å². The fourth-order valence-electron chi connectivity index (χ4n) is 1.76. The van der Waals surface area contributed by atoms with Gasteiger partial charge in [0.15, 0.2) is 0 Å². The highest BCUT2D eigenvalue weighted by molar-refractivity contribution is 7.13. The molecule has 0 radical (unpaired) electrons. The number of nitrogens with zero attached hydrogens (tertiary/aromatic N) is 1. The van der Waals surface area contributed by atoms with E-state index in [0.29, 0.717) is 24.8 Å². The van der Waals surface area contributed by atoms with Crippen molar-refractivity contribution in [1.29, 1.82) is 0 Å². The molecule has 0 aliphatic carbocycles. The van der Waals surface area contributed by atoms with Gasteiger partial charge in [0, 0.05) is 17.5 Å². The van der Waals surface area contributed by atoms with Crippen LogP contribution in [0.25, 0.3) is 10.6 Å². The first-order valence-electron chi connectivity index (χ1n) is 7.07. The highest BCUT2D eigenvalue weighted by atomic mass is 32.1. The predicted molar refractivity (Wildman–Crippen MR) is 85.9 cm³/mol. The summed E-state index contributed by atoms with van der Waals surface area (Å²) >= 11 is 1.47. The van der Waals surface area contributed by atoms with Gasteiger partial charge in [-0.2, -0.15) is 0 Å². The van der Waals surface area contributed by atoms with Crippen LogP contribution >= 0.6 is 11.3 Å². The molecule has 0 bridgehead atoms. The van der Waals surface area contributed by atoms with E-state index in [4.69, 9.17) is 4.74 Å². The molecular weight excluding hydrogens is 284 g/mol. The summed E-state index contributed by atoms with van der Waals surface area (Å²) < 4.78 is 5.41. The number of amides is 1. The summed E-state index contributed by atoms with van der Waals surface area (Å²) in [6.45, 7) is 7.39. The van der Waals surface area contributed by atoms with Crippen LogP contribution in [0.1, 0.15) is 31.3 Å². The van der Waals surface area contributed by atoms with Crippen LogP contribution in [0.4, 0.5) is 0 Å². The molecule has 1 aromatic heterocycles. The third-order valence-electron chi connectivity index (χ3n) is 2.82. The lowest BCUT2D eigenvalue weighted by atomic mass is 10.2. The van der Waals surface area contributed by atoms with Crippen LogP contribution in [0.2, 0.25) is 0 Å². The standard InChI is InChI=1S/C16H20N2O2S/c1-4-20-13-7-5-12(6-8-13)16-18-14(10-21-16)15(19)17-9-11(2)3/h5-8,10-11H,4,9H2,1-3H3,(H,17,19). The van der Waals surface area contributed by atoms with Crippen molar-refractivity contribution in [2.75, 3.05) is 13.2 Å². The van der Waals surface area contributed by atoms with Crippen molar-refractivity contribution < 1.29 is 9.53 Å². The topological polar surface area (TPSA) is 51.2 Å². The van der Waals surface area contributed by atoms with Crippen molar-refractivity contribution >= 4 is 17.2 Å². The van der Waals surface area contributed by atoms with E-state index in [1.54, 1.807) is 5.38 Å². The number of carbonyl (C=O) groups is 1. The first-order valence-corrected chi connectivity index (χ1v) is 7.95. The van der Waals surface area contributed by atoms with E-state index in [2.05, 4.69) is 24.1 Å². The van der Waals surface area contributed by atoms with E-state index in [1.807, 2.05) is 31.2 Å². The number of ether oxygens (including phenoxy) is 1. The molecule has 1 N–H and O–H groups in total. The number of rotatable bonds is 6. The van der Waals surface area contributed by atoms with E-state index < -0.39 is 0 Å². The van der Waals surface area contributed by atoms with Gasteiger partial charge in [0.1, 0.15) is 16.5 Å². The van der Waals surface area contributed by atoms with Crippen molar-refractivity contribution in [3.05, 3.63) is 35.3 Å². The van der Waals surface area contributed by atoms with Gasteiger partial charge in [0.25, 0.3) is 5.91 Å². The Kier molecular flexibility index (Phi) is 5.33. The Balaban J connectivity index is 2.06. The Morgan fingerprint density at radius 1 is 1.33 bits per heavy atom. The lowest BCUT2D eigenvalue weighted by molar-refractivity contribution is 0.0945. The fourth-order valence-corrected chi connectivity index (χ4v) is 2.56. The third kappa shape index (κ3) is 4.29. The normalized spacial score (nSPS) is 10.7. The molecule has 2 aromatic rings. The Morgan fingerprint density at radius 2 is 2.05 bits per heavy atom. The summed E-state index contributed by atoms with van der Waals surface area (Å²) in [5, 5.41) is 5.51. The zero-order valence-corrected chi connectivity index (χ0v) is 13.4. The second-order valence-corrected chi connectivity index (χ2v) is 5.96. The summed E-state index contributed by atoms with van der Waals surface area (Å²) in [5.41, 5.74) is 1.47. The van der Waals surface area contributed by atoms with Gasteiger partial charge in [-0.05, 0) is 37.1 Å². The van der Waals surface area contributed by atoms with Gasteiger partial charge < -0.3 is 10.1 Å². The highest BCUT2D eigenvalue weighted by Crippen LogP contribution is 2.25. The molecule has 0 atom stereocenters. The minimum atomic E-state index is -0.114. The predicted octanol–water partition coefficient (Wildman–Crippen LogP) is 3.59. The van der Waals surface area contributed by atoms with E-state index in [1.165, 1.54) is 11.3 Å². The molecule has 1 amide bonds. The maximum absolute atomic E-state index is 11.9. The minimum Gasteiger partial charge on any atom is -0.494 e. The number of nitrogens with one attached hydrogen (secondary N) is 1. The molecule has 0 saturated carbocycles. The average molecular weight is 304 g/mol. The molecule has 0 saturated heterocycles. The summed E-state index contributed by atoms with van der Waals surface area (Å²) in [6, 6.07) is 7.75. The maximum Gasteiger partial charge on any atom is 0.270 e. The average Bonchev–Trinajstić information content (AvgIpc) is 2.96. The zero-order valence-electron chi connectivity index (χ0n) is 12.6. The van der Waals surface area contributed by atoms with E-state index in [9.17, 15) is 4.79 Å². The van der Waals surface area contributed by atoms with Gasteiger partial charge in [-0.1, -0.05) is 13.8 Å². The van der Waals surface area contributed by atoms with E-state index >= 15 is 0 Å². The second kappa shape index (κ2) is 7.22. The molecule has 112 valence electrons. The van der Waals surface area contributed by atoms with Gasteiger partial charge >= 0.3 is 0 Å². The maximum atomic E-state index is 11.9. The lowest BCUT2D eigenvalue weighted by Crippen LogP contribution is -2.27. The number of carbonyl (C=O) groups excluding carboxylic acids is 1. The molecular formula is C16H20N2O2S. The Hall–Kier alpha value is -1.88. The molecule has 0 spiro atoms. The Labute approximate surface area is 129 Å². The third-order valence-corrected chi connectivity index (χ3v) is 3.71. The first-order chi connectivity index (χ1) is 10.1. The Bertz CT molecular complexity index is 591. The van der Waals surface area contributed by atoms with Crippen molar-refractivity contribution in [2.24, 2.45) is 5.92 Å². The van der Waals surface area contributed by atoms with Crippen molar-refractivity contribution in [3.8, 4) is 16.3 Å². The van der Waals surface area contributed by atoms with Crippen LogP contribution < -0.4 is 10.1 Å². The summed E-state index contributed by atoms with van der Waals surface area (Å²) in [7, 11) is 0. The quantitative estimate of drug-likeness (QED) is 0.887. The molecule has 5 heteroatoms. The first kappa shape index (κ1) is 15.5. The fraction of sp³-hybridized carbons (Fsp3) is 0.375. The van der Waals surface area contributed by atoms with Crippen molar-refractivity contribution in [1.82, 2.24) is 10.3 Å². The van der Waals surface area contributed by atoms with E-state index in [0.717, 1.165) is 16.3 Å². The van der Waals surface area contributed by atoms with Crippen LogP contribution in [0.5, 0.6) is 5.75 Å². The van der Waals surface area contributed by atoms with Gasteiger partial charge in [-0.25, -0.2) is 4.98 Å². The summed E-state index contributed by atoms with van der Waals surface area (Å²) in [5.74, 6) is 1.16. The molecule has 21 heavy (non-hydrogen) atoms.